The van der Waals surface area contributed by atoms with Crippen LogP contribution in [0.15, 0.2) is 0 Å². The van der Waals surface area contributed by atoms with Crippen molar-refractivity contribution in [3.63, 3.8) is 0 Å². The molecular formula is C16H32N2. The first-order valence-electron chi connectivity index (χ1n) is 7.60. The van der Waals surface area contributed by atoms with Crippen LogP contribution in [0.2, 0.25) is 0 Å². The molecule has 0 amide bonds. The molecule has 2 atom stereocenters. The molecule has 0 aromatic rings. The van der Waals surface area contributed by atoms with E-state index < -0.39 is 0 Å². The molecule has 2 nitrogen and oxygen atoms in total. The highest BCUT2D eigenvalue weighted by atomic mass is 14.9. The lowest BCUT2D eigenvalue weighted by atomic mass is 9.67. The van der Waals surface area contributed by atoms with Crippen molar-refractivity contribution in [1.29, 1.82) is 0 Å². The third kappa shape index (κ3) is 2.12. The van der Waals surface area contributed by atoms with Gasteiger partial charge in [0.25, 0.3) is 0 Å². The van der Waals surface area contributed by atoms with Crippen LogP contribution in [-0.2, 0) is 0 Å². The van der Waals surface area contributed by atoms with Gasteiger partial charge in [-0.3, -0.25) is 0 Å². The first kappa shape index (κ1) is 14.3. The molecule has 0 aromatic heterocycles. The van der Waals surface area contributed by atoms with Gasteiger partial charge in [0.15, 0.2) is 0 Å². The van der Waals surface area contributed by atoms with Gasteiger partial charge in [-0.2, -0.15) is 0 Å². The number of nitrogens with two attached hydrogens (primary N) is 2. The van der Waals surface area contributed by atoms with Gasteiger partial charge in [0.1, 0.15) is 0 Å². The summed E-state index contributed by atoms with van der Waals surface area (Å²) in [5.41, 5.74) is 13.8. The maximum Gasteiger partial charge on any atom is 0.0236 e. The molecule has 0 heterocycles. The van der Waals surface area contributed by atoms with Gasteiger partial charge in [-0.25, -0.2) is 0 Å². The average molecular weight is 252 g/mol. The second kappa shape index (κ2) is 3.96. The van der Waals surface area contributed by atoms with Crippen LogP contribution in [0.1, 0.15) is 73.1 Å². The van der Waals surface area contributed by atoms with E-state index in [0.717, 1.165) is 0 Å². The topological polar surface area (TPSA) is 52.0 Å². The standard InChI is InChI=1S/C16H32N2/c1-13(2,3)16(18)11-12(16)10-14(4,5)15(17)8-6-7-9-15/h12H,6-11,17-18H2,1-5H3. The van der Waals surface area contributed by atoms with Gasteiger partial charge in [-0.1, -0.05) is 47.5 Å². The van der Waals surface area contributed by atoms with Gasteiger partial charge in [0, 0.05) is 11.1 Å². The van der Waals surface area contributed by atoms with Crippen molar-refractivity contribution < 1.29 is 0 Å². The monoisotopic (exact) mass is 252 g/mol. The Kier molecular flexibility index (Phi) is 3.15. The highest BCUT2D eigenvalue weighted by Gasteiger charge is 2.60. The fourth-order valence-corrected chi connectivity index (χ4v) is 4.02. The van der Waals surface area contributed by atoms with Gasteiger partial charge in [-0.05, 0) is 42.4 Å². The van der Waals surface area contributed by atoms with Crippen LogP contribution in [0.4, 0.5) is 0 Å². The molecule has 0 aliphatic heterocycles. The SMILES string of the molecule is CC(C)(C)C1(N)CC1CC(C)(C)C1(N)CCCC1. The first-order chi connectivity index (χ1) is 8.02. The van der Waals surface area contributed by atoms with Crippen molar-refractivity contribution in [3.8, 4) is 0 Å². The van der Waals surface area contributed by atoms with Crippen LogP contribution in [0, 0.1) is 16.7 Å². The van der Waals surface area contributed by atoms with Crippen LogP contribution >= 0.6 is 0 Å². The maximum absolute atomic E-state index is 6.67. The molecule has 2 aliphatic rings. The molecule has 0 spiro atoms. The van der Waals surface area contributed by atoms with E-state index in [1.165, 1.54) is 38.5 Å². The van der Waals surface area contributed by atoms with Crippen LogP contribution in [-0.4, -0.2) is 11.1 Å². The molecule has 2 unspecified atom stereocenters. The van der Waals surface area contributed by atoms with E-state index in [0.29, 0.717) is 5.92 Å². The molecule has 0 aromatic carbocycles. The number of hydrogen-bond acceptors (Lipinski definition) is 2. The van der Waals surface area contributed by atoms with Gasteiger partial charge < -0.3 is 11.5 Å². The van der Waals surface area contributed by atoms with Crippen LogP contribution in [0.5, 0.6) is 0 Å². The van der Waals surface area contributed by atoms with E-state index in [4.69, 9.17) is 11.5 Å². The molecule has 2 saturated carbocycles. The van der Waals surface area contributed by atoms with Gasteiger partial charge in [0.2, 0.25) is 0 Å². The third-order valence-electron chi connectivity index (χ3n) is 6.15. The van der Waals surface area contributed by atoms with Gasteiger partial charge in [0.05, 0.1) is 0 Å². The highest BCUT2D eigenvalue weighted by Crippen LogP contribution is 2.59. The molecule has 0 radical (unpaired) electrons. The van der Waals surface area contributed by atoms with Crippen LogP contribution in [0.3, 0.4) is 0 Å². The molecule has 18 heavy (non-hydrogen) atoms. The predicted octanol–water partition coefficient (Wildman–Crippen LogP) is 3.44. The van der Waals surface area contributed by atoms with E-state index >= 15 is 0 Å². The van der Waals surface area contributed by atoms with E-state index in [2.05, 4.69) is 34.6 Å². The van der Waals surface area contributed by atoms with Crippen molar-refractivity contribution in [1.82, 2.24) is 0 Å². The lowest BCUT2D eigenvalue weighted by Crippen LogP contribution is -2.51. The Labute approximate surface area is 113 Å². The molecule has 106 valence electrons. The molecule has 2 heteroatoms. The number of hydrogen-bond donors (Lipinski definition) is 2. The Morgan fingerprint density at radius 2 is 1.50 bits per heavy atom. The quantitative estimate of drug-likeness (QED) is 0.808. The smallest absolute Gasteiger partial charge is 0.0236 e. The minimum Gasteiger partial charge on any atom is -0.325 e. The summed E-state index contributed by atoms with van der Waals surface area (Å²) in [6.07, 6.45) is 7.36. The Morgan fingerprint density at radius 3 is 1.89 bits per heavy atom. The minimum absolute atomic E-state index is 0.0409. The van der Waals surface area contributed by atoms with Crippen molar-refractivity contribution in [2.24, 2.45) is 28.2 Å². The third-order valence-corrected chi connectivity index (χ3v) is 6.15. The fraction of sp³-hybridized carbons (Fsp3) is 1.00. The first-order valence-corrected chi connectivity index (χ1v) is 7.60. The average Bonchev–Trinajstić information content (AvgIpc) is 2.67. The Balaban J connectivity index is 2.03. The molecule has 2 fully saturated rings. The second-order valence-electron chi connectivity index (χ2n) is 8.64. The largest absolute Gasteiger partial charge is 0.325 e. The second-order valence-corrected chi connectivity index (χ2v) is 8.64. The van der Waals surface area contributed by atoms with Crippen LogP contribution in [0.25, 0.3) is 0 Å². The Morgan fingerprint density at radius 1 is 1.00 bits per heavy atom. The summed E-state index contributed by atoms with van der Waals surface area (Å²) in [7, 11) is 0. The van der Waals surface area contributed by atoms with Crippen molar-refractivity contribution in [3.05, 3.63) is 0 Å². The summed E-state index contributed by atoms with van der Waals surface area (Å²) in [5.74, 6) is 0.661. The number of rotatable bonds is 3. The van der Waals surface area contributed by atoms with E-state index in [1.807, 2.05) is 0 Å². The normalized spacial score (nSPS) is 35.8. The molecule has 2 aliphatic carbocycles. The molecule has 4 N–H and O–H groups in total. The van der Waals surface area contributed by atoms with Crippen molar-refractivity contribution >= 4 is 0 Å². The Bertz CT molecular complexity index is 320. The van der Waals surface area contributed by atoms with Gasteiger partial charge in [-0.15, -0.1) is 0 Å². The van der Waals surface area contributed by atoms with Gasteiger partial charge >= 0.3 is 0 Å². The fourth-order valence-electron chi connectivity index (χ4n) is 4.02. The summed E-state index contributed by atoms with van der Waals surface area (Å²) >= 11 is 0. The van der Waals surface area contributed by atoms with Crippen molar-refractivity contribution in [2.75, 3.05) is 0 Å². The minimum atomic E-state index is 0.0409. The molecule has 0 bridgehead atoms. The summed E-state index contributed by atoms with van der Waals surface area (Å²) in [6.45, 7) is 11.5. The van der Waals surface area contributed by atoms with Crippen molar-refractivity contribution in [2.45, 2.75) is 84.2 Å². The maximum atomic E-state index is 6.67. The summed E-state index contributed by atoms with van der Waals surface area (Å²) in [6, 6.07) is 0. The molecule has 0 saturated heterocycles. The predicted molar refractivity (Wildman–Crippen MR) is 78.3 cm³/mol. The summed E-state index contributed by atoms with van der Waals surface area (Å²) in [5, 5.41) is 0. The van der Waals surface area contributed by atoms with E-state index in [1.54, 1.807) is 0 Å². The zero-order chi connectivity index (χ0) is 13.8. The molecule has 2 rings (SSSR count). The zero-order valence-electron chi connectivity index (χ0n) is 13.0. The molecular weight excluding hydrogens is 220 g/mol. The highest BCUT2D eigenvalue weighted by molar-refractivity contribution is 5.17. The Hall–Kier alpha value is -0.0800. The van der Waals surface area contributed by atoms with E-state index in [9.17, 15) is 0 Å². The summed E-state index contributed by atoms with van der Waals surface area (Å²) < 4.78 is 0. The lowest BCUT2D eigenvalue weighted by molar-refractivity contribution is 0.134. The zero-order valence-corrected chi connectivity index (χ0v) is 13.0. The van der Waals surface area contributed by atoms with E-state index in [-0.39, 0.29) is 21.9 Å². The van der Waals surface area contributed by atoms with Crippen LogP contribution < -0.4 is 11.5 Å². The lowest BCUT2D eigenvalue weighted by Gasteiger charge is -2.43. The summed E-state index contributed by atoms with van der Waals surface area (Å²) in [4.78, 5) is 0.